The van der Waals surface area contributed by atoms with Gasteiger partial charge in [-0.3, -0.25) is 9.36 Å². The quantitative estimate of drug-likeness (QED) is 0.731. The van der Waals surface area contributed by atoms with E-state index in [1.54, 1.807) is 33.0 Å². The van der Waals surface area contributed by atoms with Crippen molar-refractivity contribution in [3.63, 3.8) is 0 Å². The molecular weight excluding hydrogens is 192 g/mol. The van der Waals surface area contributed by atoms with Crippen LogP contribution in [0.2, 0.25) is 0 Å². The SMILES string of the molecule is O=c1sccn1Cc1cscn1. The van der Waals surface area contributed by atoms with E-state index in [0.29, 0.717) is 6.54 Å². The molecule has 0 radical (unpaired) electrons. The Hall–Kier alpha value is -0.940. The maximum absolute atomic E-state index is 11.1. The summed E-state index contributed by atoms with van der Waals surface area (Å²) in [5, 5.41) is 3.73. The molecule has 0 N–H and O–H groups in total. The fraction of sp³-hybridized carbons (Fsp3) is 0.143. The lowest BCUT2D eigenvalue weighted by molar-refractivity contribution is 0.766. The Labute approximate surface area is 76.9 Å². The molecule has 0 bridgehead atoms. The van der Waals surface area contributed by atoms with E-state index in [1.807, 2.05) is 5.38 Å². The summed E-state index contributed by atoms with van der Waals surface area (Å²) in [6.45, 7) is 0.589. The van der Waals surface area contributed by atoms with Gasteiger partial charge in [-0.1, -0.05) is 11.3 Å². The number of nitrogens with zero attached hydrogens (tertiary/aromatic N) is 2. The molecule has 0 aromatic carbocycles. The summed E-state index contributed by atoms with van der Waals surface area (Å²) < 4.78 is 1.65. The van der Waals surface area contributed by atoms with Gasteiger partial charge in [0.15, 0.2) is 0 Å². The zero-order valence-corrected chi connectivity index (χ0v) is 7.77. The van der Waals surface area contributed by atoms with E-state index in [4.69, 9.17) is 0 Å². The molecule has 3 nitrogen and oxygen atoms in total. The predicted octanol–water partition coefficient (Wildman–Crippen LogP) is 1.41. The third-order valence-corrected chi connectivity index (χ3v) is 2.79. The molecule has 12 heavy (non-hydrogen) atoms. The maximum Gasteiger partial charge on any atom is 0.307 e. The van der Waals surface area contributed by atoms with E-state index in [2.05, 4.69) is 4.98 Å². The molecule has 2 heterocycles. The molecule has 0 atom stereocenters. The van der Waals surface area contributed by atoms with Crippen molar-refractivity contribution in [1.82, 2.24) is 9.55 Å². The zero-order valence-electron chi connectivity index (χ0n) is 6.14. The third kappa shape index (κ3) is 1.46. The molecule has 2 aromatic heterocycles. The fourth-order valence-electron chi connectivity index (χ4n) is 0.898. The van der Waals surface area contributed by atoms with Crippen molar-refractivity contribution < 1.29 is 0 Å². The topological polar surface area (TPSA) is 34.9 Å². The lowest BCUT2D eigenvalue weighted by Crippen LogP contribution is -2.12. The van der Waals surface area contributed by atoms with Crippen LogP contribution in [-0.2, 0) is 6.54 Å². The number of rotatable bonds is 2. The van der Waals surface area contributed by atoms with Crippen LogP contribution < -0.4 is 4.87 Å². The molecular formula is C7H6N2OS2. The highest BCUT2D eigenvalue weighted by Crippen LogP contribution is 2.02. The summed E-state index contributed by atoms with van der Waals surface area (Å²) >= 11 is 2.75. The first-order chi connectivity index (χ1) is 5.86. The van der Waals surface area contributed by atoms with Gasteiger partial charge in [-0.2, -0.15) is 0 Å². The van der Waals surface area contributed by atoms with Gasteiger partial charge in [0.05, 0.1) is 17.7 Å². The number of aromatic nitrogens is 2. The minimum atomic E-state index is 0.0722. The van der Waals surface area contributed by atoms with Crippen LogP contribution in [0, 0.1) is 0 Å². The van der Waals surface area contributed by atoms with Crippen molar-refractivity contribution in [3.8, 4) is 0 Å². The second kappa shape index (κ2) is 3.20. The summed E-state index contributed by atoms with van der Waals surface area (Å²) in [5.74, 6) is 0. The van der Waals surface area contributed by atoms with Gasteiger partial charge in [-0.25, -0.2) is 4.98 Å². The smallest absolute Gasteiger partial charge is 0.300 e. The Bertz CT molecular complexity index is 401. The van der Waals surface area contributed by atoms with E-state index >= 15 is 0 Å². The highest BCUT2D eigenvalue weighted by Gasteiger charge is 1.98. The van der Waals surface area contributed by atoms with Crippen LogP contribution in [0.1, 0.15) is 5.69 Å². The Morgan fingerprint density at radius 3 is 3.08 bits per heavy atom. The molecule has 2 aromatic rings. The van der Waals surface area contributed by atoms with Crippen molar-refractivity contribution in [2.75, 3.05) is 0 Å². The first-order valence-corrected chi connectivity index (χ1v) is 5.19. The Morgan fingerprint density at radius 2 is 2.50 bits per heavy atom. The minimum Gasteiger partial charge on any atom is -0.300 e. The molecule has 0 spiro atoms. The van der Waals surface area contributed by atoms with Gasteiger partial charge in [0, 0.05) is 17.0 Å². The van der Waals surface area contributed by atoms with Gasteiger partial charge in [-0.15, -0.1) is 11.3 Å². The normalized spacial score (nSPS) is 10.3. The van der Waals surface area contributed by atoms with E-state index in [9.17, 15) is 4.79 Å². The maximum atomic E-state index is 11.1. The molecule has 0 saturated carbocycles. The first-order valence-electron chi connectivity index (χ1n) is 3.37. The van der Waals surface area contributed by atoms with Crippen LogP contribution in [0.25, 0.3) is 0 Å². The van der Waals surface area contributed by atoms with Crippen LogP contribution in [0.3, 0.4) is 0 Å². The van der Waals surface area contributed by atoms with E-state index < -0.39 is 0 Å². The summed E-state index contributed by atoms with van der Waals surface area (Å²) in [7, 11) is 0. The van der Waals surface area contributed by atoms with Crippen LogP contribution in [0.4, 0.5) is 0 Å². The van der Waals surface area contributed by atoms with Crippen molar-refractivity contribution in [1.29, 1.82) is 0 Å². The second-order valence-corrected chi connectivity index (χ2v) is 3.85. The average molecular weight is 198 g/mol. The lowest BCUT2D eigenvalue weighted by Gasteiger charge is -1.94. The van der Waals surface area contributed by atoms with Crippen LogP contribution >= 0.6 is 22.7 Å². The summed E-state index contributed by atoms with van der Waals surface area (Å²) in [5.41, 5.74) is 2.72. The second-order valence-electron chi connectivity index (χ2n) is 2.28. The molecule has 0 amide bonds. The standard InChI is InChI=1S/C7H6N2OS2/c10-7-9(1-2-12-7)3-6-4-11-5-8-6/h1-2,4-5H,3H2. The molecule has 0 fully saturated rings. The van der Waals surface area contributed by atoms with E-state index in [0.717, 1.165) is 5.69 Å². The van der Waals surface area contributed by atoms with Crippen molar-refractivity contribution in [2.45, 2.75) is 6.54 Å². The van der Waals surface area contributed by atoms with Gasteiger partial charge >= 0.3 is 4.87 Å². The highest BCUT2D eigenvalue weighted by molar-refractivity contribution is 7.07. The molecule has 5 heteroatoms. The van der Waals surface area contributed by atoms with E-state index in [-0.39, 0.29) is 4.87 Å². The zero-order chi connectivity index (χ0) is 8.39. The average Bonchev–Trinajstić information content (AvgIpc) is 2.65. The molecule has 0 saturated heterocycles. The molecule has 0 unspecified atom stereocenters. The van der Waals surface area contributed by atoms with E-state index in [1.165, 1.54) is 11.3 Å². The largest absolute Gasteiger partial charge is 0.307 e. The Kier molecular flexibility index (Phi) is 2.05. The number of hydrogen-bond donors (Lipinski definition) is 0. The highest BCUT2D eigenvalue weighted by atomic mass is 32.1. The Morgan fingerprint density at radius 1 is 1.58 bits per heavy atom. The fourth-order valence-corrected chi connectivity index (χ4v) is 2.03. The van der Waals surface area contributed by atoms with Crippen LogP contribution in [-0.4, -0.2) is 9.55 Å². The number of thiazole rings is 2. The predicted molar refractivity (Wildman–Crippen MR) is 49.8 cm³/mol. The van der Waals surface area contributed by atoms with Crippen LogP contribution in [0.5, 0.6) is 0 Å². The van der Waals surface area contributed by atoms with Crippen LogP contribution in [0.15, 0.2) is 27.3 Å². The molecule has 62 valence electrons. The van der Waals surface area contributed by atoms with Gasteiger partial charge in [0.1, 0.15) is 0 Å². The molecule has 0 aliphatic carbocycles. The van der Waals surface area contributed by atoms with Gasteiger partial charge in [0.25, 0.3) is 0 Å². The molecule has 0 aliphatic rings. The Balaban J connectivity index is 2.25. The van der Waals surface area contributed by atoms with Crippen molar-refractivity contribution in [3.05, 3.63) is 37.8 Å². The first kappa shape index (κ1) is 7.70. The van der Waals surface area contributed by atoms with Gasteiger partial charge in [-0.05, 0) is 0 Å². The summed E-state index contributed by atoms with van der Waals surface area (Å²) in [6, 6.07) is 0. The summed E-state index contributed by atoms with van der Waals surface area (Å²) in [4.78, 5) is 15.3. The van der Waals surface area contributed by atoms with Crippen molar-refractivity contribution >= 4 is 22.7 Å². The summed E-state index contributed by atoms with van der Waals surface area (Å²) in [6.07, 6.45) is 1.78. The number of hydrogen-bond acceptors (Lipinski definition) is 4. The molecule has 0 aliphatic heterocycles. The minimum absolute atomic E-state index is 0.0722. The van der Waals surface area contributed by atoms with Gasteiger partial charge < -0.3 is 0 Å². The lowest BCUT2D eigenvalue weighted by atomic mass is 10.5. The van der Waals surface area contributed by atoms with Crippen molar-refractivity contribution in [2.24, 2.45) is 0 Å². The van der Waals surface area contributed by atoms with Gasteiger partial charge in [0.2, 0.25) is 0 Å². The monoisotopic (exact) mass is 198 g/mol. The third-order valence-electron chi connectivity index (χ3n) is 1.46. The molecule has 2 rings (SSSR count).